The summed E-state index contributed by atoms with van der Waals surface area (Å²) < 4.78 is 20.7. The Labute approximate surface area is 752 Å². The Morgan fingerprint density at radius 2 is 0.831 bits per heavy atom. The van der Waals surface area contributed by atoms with Gasteiger partial charge < -0.3 is 90.4 Å². The fourth-order valence-corrected chi connectivity index (χ4v) is 12.0. The molecular weight excluding hydrogens is 2120 g/mol. The van der Waals surface area contributed by atoms with Crippen LogP contribution in [0, 0.1) is 62.2 Å². The first-order valence-corrected chi connectivity index (χ1v) is 41.6. The predicted octanol–water partition coefficient (Wildman–Crippen LogP) is 17.0. The van der Waals surface area contributed by atoms with E-state index < -0.39 is 36.3 Å². The van der Waals surface area contributed by atoms with Crippen LogP contribution in [0.4, 0.5) is 68.2 Å². The van der Waals surface area contributed by atoms with Gasteiger partial charge in [-0.1, -0.05) is 15.9 Å². The number of carbonyl (C=O) groups excluding carboxylic acids is 2. The van der Waals surface area contributed by atoms with Crippen LogP contribution in [0.15, 0.2) is 218 Å². The molecule has 614 valence electrons. The van der Waals surface area contributed by atoms with Gasteiger partial charge >= 0.3 is 5.97 Å². The normalized spacial score (nSPS) is 10.2. The zero-order valence-electron chi connectivity index (χ0n) is 62.3. The number of nitro groups is 2. The smallest absolute Gasteiger partial charge is 0.335 e. The first-order chi connectivity index (χ1) is 55.6. The van der Waals surface area contributed by atoms with E-state index in [0.717, 1.165) is 89.2 Å². The number of nitrogen functional groups attached to an aromatic ring is 9. The van der Waals surface area contributed by atoms with E-state index in [1.807, 2.05) is 160 Å². The lowest BCUT2D eigenvalue weighted by atomic mass is 10.2. The summed E-state index contributed by atoms with van der Waals surface area (Å²) in [5, 5.41) is 39.3. The zero-order chi connectivity index (χ0) is 87.5. The SMILES string of the molecule is CC(=O)O.Cc1cn(-c2ccc(N)c(N)c2)cn1.Cc1cn(-c2ccc(N)c([N+](=O)[O-])c2)cn1.Cc1cn(-c2ccc(NC(=O)c3ccc(N)c(I)c3)c(N)c2)cn1.Cc1cn(-c2ccc3nc(-c4ccc(N)c(I)c4)[nH]c3c2)cn1.Nc1ccc(Br)cc1[N+](=O)[O-].Nc1ccc(C(=O)Cl)cc1I.Nc1ccc(C(=O)O)cc1I.O=S(Cl)Cl. The molecule has 0 bridgehead atoms. The monoisotopic (exact) mass is 2190 g/mol. The maximum absolute atomic E-state index is 12.4. The molecule has 14 aromatic rings. The number of nitrogens with zero attached hydrogens (tertiary/aromatic N) is 11. The number of aliphatic carboxylic acids is 1. The molecule has 0 spiro atoms. The number of amides is 1. The number of anilines is 10. The van der Waals surface area contributed by atoms with Crippen molar-refractivity contribution in [1.29, 1.82) is 0 Å². The van der Waals surface area contributed by atoms with Crippen molar-refractivity contribution in [1.82, 2.24) is 48.2 Å². The number of aryl methyl sites for hydroxylation is 4. The summed E-state index contributed by atoms with van der Waals surface area (Å²) in [6, 6.07) is 46.9. The topological polar surface area (TPSA) is 558 Å². The van der Waals surface area contributed by atoms with Crippen LogP contribution in [0.5, 0.6) is 0 Å². The Morgan fingerprint density at radius 3 is 1.23 bits per heavy atom. The van der Waals surface area contributed by atoms with E-state index in [-0.39, 0.29) is 34.2 Å². The van der Waals surface area contributed by atoms with Crippen molar-refractivity contribution >= 4 is 251 Å². The number of benzene rings is 9. The number of nitrogens with two attached hydrogens (primary N) is 9. The van der Waals surface area contributed by atoms with E-state index >= 15 is 0 Å². The molecule has 5 aromatic heterocycles. The second-order valence-electron chi connectivity index (χ2n) is 24.2. The summed E-state index contributed by atoms with van der Waals surface area (Å²) >= 11 is 16.7. The number of nitrogens with one attached hydrogen (secondary N) is 2. The van der Waals surface area contributed by atoms with Crippen molar-refractivity contribution in [3.63, 3.8) is 0 Å². The second-order valence-corrected chi connectivity index (χ2v) is 32.6. The van der Waals surface area contributed by atoms with E-state index in [0.29, 0.717) is 61.1 Å². The number of H-pyrrole nitrogens is 1. The van der Waals surface area contributed by atoms with Gasteiger partial charge in [0.25, 0.3) is 28.5 Å². The van der Waals surface area contributed by atoms with Crippen molar-refractivity contribution in [2.75, 3.05) is 56.9 Å². The number of halogens is 8. The van der Waals surface area contributed by atoms with Gasteiger partial charge in [-0.25, -0.2) is 33.9 Å². The van der Waals surface area contributed by atoms with Gasteiger partial charge in [0.05, 0.1) is 103 Å². The number of carboxylic acids is 2. The fraction of sp³-hybridized carbons (Fsp3) is 0.0658. The molecule has 0 saturated carbocycles. The average Bonchev–Trinajstić information content (AvgIpc) is 1.54. The Morgan fingerprint density at radius 1 is 0.475 bits per heavy atom. The summed E-state index contributed by atoms with van der Waals surface area (Å²) in [4.78, 5) is 87.1. The summed E-state index contributed by atoms with van der Waals surface area (Å²) in [6.45, 7) is 8.77. The van der Waals surface area contributed by atoms with Gasteiger partial charge in [0, 0.05) is 140 Å². The first kappa shape index (κ1) is 95.6. The maximum Gasteiger partial charge on any atom is 0.335 e. The summed E-state index contributed by atoms with van der Waals surface area (Å²) in [5.41, 5.74) is 67.6. The number of carbonyl (C=O) groups is 4. The lowest BCUT2D eigenvalue weighted by molar-refractivity contribution is -0.384. The minimum absolute atomic E-state index is 0.0700. The number of rotatable bonds is 11. The van der Waals surface area contributed by atoms with Crippen LogP contribution in [0.3, 0.4) is 0 Å². The molecule has 22 N–H and O–H groups in total. The Bertz CT molecular complexity index is 5890. The zero-order valence-corrected chi connectivity index (χ0v) is 75.6. The van der Waals surface area contributed by atoms with E-state index in [1.54, 1.807) is 103 Å². The highest BCUT2D eigenvalue weighted by atomic mass is 127. The first-order valence-electron chi connectivity index (χ1n) is 33.3. The van der Waals surface area contributed by atoms with Crippen LogP contribution in [0.1, 0.15) is 60.8 Å². The van der Waals surface area contributed by atoms with Gasteiger partial charge in [0.1, 0.15) is 17.2 Å². The number of aromatic nitrogens is 10. The highest BCUT2D eigenvalue weighted by Gasteiger charge is 2.16. The molecule has 0 aliphatic rings. The van der Waals surface area contributed by atoms with Gasteiger partial charge in [-0.2, -0.15) is 0 Å². The van der Waals surface area contributed by atoms with Gasteiger partial charge in [-0.3, -0.25) is 34.6 Å². The van der Waals surface area contributed by atoms with Crippen molar-refractivity contribution in [3.05, 3.63) is 292 Å². The number of carboxylic acid groups (broad SMARTS) is 2. The predicted molar refractivity (Wildman–Crippen MR) is 504 cm³/mol. The third-order valence-corrected chi connectivity index (χ3v) is 19.7. The quantitative estimate of drug-likeness (QED) is 0.0188. The molecule has 0 radical (unpaired) electrons. The minimum atomic E-state index is -1.67. The van der Waals surface area contributed by atoms with Crippen LogP contribution in [0.2, 0.25) is 0 Å². The van der Waals surface area contributed by atoms with Crippen molar-refractivity contribution in [2.45, 2.75) is 34.6 Å². The summed E-state index contributed by atoms with van der Waals surface area (Å²) in [5.74, 6) is -1.15. The van der Waals surface area contributed by atoms with E-state index in [4.69, 9.17) is 82.4 Å². The fourth-order valence-electron chi connectivity index (χ4n) is 9.46. The van der Waals surface area contributed by atoms with Crippen LogP contribution in [-0.4, -0.2) is 95.5 Å². The molecular formula is C76H72BrCl3I4N22O11S. The third kappa shape index (κ3) is 30.1. The minimum Gasteiger partial charge on any atom is -0.481 e. The van der Waals surface area contributed by atoms with E-state index in [9.17, 15) is 34.6 Å². The molecule has 0 atom stereocenters. The molecule has 33 nitrogen and oxygen atoms in total. The van der Waals surface area contributed by atoms with E-state index in [1.165, 1.54) is 36.4 Å². The van der Waals surface area contributed by atoms with Crippen LogP contribution in [-0.2, 0) is 14.0 Å². The molecule has 0 aliphatic carbocycles. The average molecular weight is 2200 g/mol. The molecule has 0 saturated heterocycles. The Hall–Kier alpha value is -11.2. The molecule has 0 aliphatic heterocycles. The number of aromatic amines is 1. The molecule has 118 heavy (non-hydrogen) atoms. The summed E-state index contributed by atoms with van der Waals surface area (Å²) in [7, 11) is 7.36. The third-order valence-electron chi connectivity index (χ3n) is 15.3. The van der Waals surface area contributed by atoms with Crippen LogP contribution >= 0.6 is 139 Å². The Balaban J connectivity index is 0.000000215. The molecule has 14 rings (SSSR count). The number of hydrogen-bond donors (Lipinski definition) is 13. The molecule has 1 amide bonds. The van der Waals surface area contributed by atoms with Gasteiger partial charge in [-0.15, -0.1) is 0 Å². The lowest BCUT2D eigenvalue weighted by Crippen LogP contribution is -2.13. The number of imidazole rings is 5. The lowest BCUT2D eigenvalue weighted by Gasteiger charge is -2.11. The van der Waals surface area contributed by atoms with Crippen molar-refractivity contribution < 1.29 is 43.4 Å². The van der Waals surface area contributed by atoms with Gasteiger partial charge in [0.2, 0.25) is 9.23 Å². The van der Waals surface area contributed by atoms with Crippen molar-refractivity contribution in [2.24, 2.45) is 0 Å². The molecule has 42 heteroatoms. The number of nitro benzene ring substituents is 2. The number of fused-ring (bicyclic) bond motifs is 1. The second kappa shape index (κ2) is 45.5. The van der Waals surface area contributed by atoms with Gasteiger partial charge in [0.15, 0.2) is 0 Å². The molecule has 9 aromatic carbocycles. The maximum atomic E-state index is 12.4. The highest BCUT2D eigenvalue weighted by molar-refractivity contribution is 14.1. The van der Waals surface area contributed by atoms with Crippen molar-refractivity contribution in [3.8, 4) is 34.1 Å². The summed E-state index contributed by atoms with van der Waals surface area (Å²) in [6.07, 6.45) is 14.5. The van der Waals surface area contributed by atoms with E-state index in [2.05, 4.69) is 124 Å². The van der Waals surface area contributed by atoms with Crippen LogP contribution in [0.25, 0.3) is 45.2 Å². The van der Waals surface area contributed by atoms with Crippen LogP contribution < -0.4 is 56.9 Å². The number of aromatic carboxylic acids is 1. The highest BCUT2D eigenvalue weighted by Crippen LogP contribution is 2.30. The molecule has 5 heterocycles. The standard InChI is InChI=1S/C17H16IN5O.C17H14IN5.C10H10N4O2.C10H12N4.C7H5ClINO.C7H6INO2.C6H5BrN2O2.C2H4O2.Cl2OS/c1-10-8-23(9-21-10)12-3-5-16(15(20)7-12)22-17(24)11-2-4-14(19)13(18)6-11;1-10-8-23(9-20-10)12-3-5-15-16(7-12)22-17(21-15)11-2-4-14(19)13(18)6-11;1-7-5-13(6-12-7)8-2-3-9(11)10(4-8)14(15)16;1-7-5-14(6-13-7)8-2-3-9(11)10(12)4-8;8-7(11)4-1-2-6(10)5(9)3-4;8-5-3-4(7(10)11)1-2-6(5)9;7-4-1-2-5(8)6(3-4)9(10)11;1-2(3)4;1-4(2)3/h2-9H,19-20H2,1H3,(H,22,24);2-9H,19H2,1H3,(H,21,22);2-6H,11H2,1H3;2-6H,11-12H2,1H3;1-3H,10H2;1-3H,9H2,(H,10,11);1-3H,8H2;1H3,(H,3,4);. The Kier molecular flexibility index (Phi) is 36.9. The molecule has 0 fully saturated rings. The number of hydrogen-bond acceptors (Lipinski definition) is 23. The van der Waals surface area contributed by atoms with Gasteiger partial charge in [-0.05, 0) is 281 Å². The largest absolute Gasteiger partial charge is 0.481 e. The molecule has 0 unspecified atom stereocenters.